The van der Waals surface area contributed by atoms with Crippen molar-refractivity contribution < 1.29 is 9.85 Å². The third kappa shape index (κ3) is 4.88. The molecule has 0 aliphatic heterocycles. The lowest BCUT2D eigenvalue weighted by atomic mass is 10.3. The first-order valence-corrected chi connectivity index (χ1v) is 7.16. The molecule has 0 unspecified atom stereocenters. The number of hydrogen-bond acceptors (Lipinski definition) is 4. The van der Waals surface area contributed by atoms with Crippen LogP contribution >= 0.6 is 0 Å². The van der Waals surface area contributed by atoms with Crippen LogP contribution in [-0.2, 0) is 11.8 Å². The highest BCUT2D eigenvalue weighted by Crippen LogP contribution is 2.20. The van der Waals surface area contributed by atoms with E-state index in [9.17, 15) is 20.2 Å². The Bertz CT molecular complexity index is 629. The van der Waals surface area contributed by atoms with Gasteiger partial charge in [0.25, 0.3) is 11.4 Å². The molecule has 0 aliphatic rings. The topological polar surface area (TPSA) is 86.3 Å². The quantitative estimate of drug-likeness (QED) is 0.372. The van der Waals surface area contributed by atoms with E-state index in [1.807, 2.05) is 13.8 Å². The van der Waals surface area contributed by atoms with E-state index >= 15 is 0 Å². The Morgan fingerprint density at radius 3 is 1.90 bits per heavy atom. The minimum absolute atomic E-state index is 0.0259. The third-order valence-corrected chi connectivity index (χ3v) is 3.45. The normalized spacial score (nSPS) is 9.43. The predicted octanol–water partition coefficient (Wildman–Crippen LogP) is 3.76. The van der Waals surface area contributed by atoms with Crippen LogP contribution in [0.4, 0.5) is 11.4 Å². The lowest BCUT2D eigenvalue weighted by Crippen LogP contribution is -1.91. The highest BCUT2D eigenvalue weighted by molar-refractivity contribution is 7.78. The van der Waals surface area contributed by atoms with Crippen LogP contribution < -0.4 is 0 Å². The van der Waals surface area contributed by atoms with Crippen molar-refractivity contribution in [1.82, 2.24) is 0 Å². The number of hydrogen-bond donors (Lipinski definition) is 0. The number of rotatable bonds is 4. The Morgan fingerprint density at radius 1 is 0.810 bits per heavy atom. The van der Waals surface area contributed by atoms with Gasteiger partial charge in [0, 0.05) is 42.1 Å². The van der Waals surface area contributed by atoms with Crippen LogP contribution in [0.15, 0.2) is 58.3 Å². The first-order chi connectivity index (χ1) is 10.1. The van der Waals surface area contributed by atoms with Crippen LogP contribution in [0.1, 0.15) is 13.8 Å². The number of nitro groups is 2. The molecular formula is C14H15N2O4S+. The van der Waals surface area contributed by atoms with Crippen molar-refractivity contribution in [2.24, 2.45) is 0 Å². The van der Waals surface area contributed by atoms with Gasteiger partial charge in [0.1, 0.15) is 0 Å². The Morgan fingerprint density at radius 2 is 1.38 bits per heavy atom. The number of thiol groups is 1. The second-order valence-corrected chi connectivity index (χ2v) is 4.92. The molecule has 0 radical (unpaired) electrons. The summed E-state index contributed by atoms with van der Waals surface area (Å²) in [5.41, 5.74) is 0.0601. The van der Waals surface area contributed by atoms with Gasteiger partial charge in [-0.15, -0.1) is 0 Å². The first kappa shape index (κ1) is 16.6. The van der Waals surface area contributed by atoms with Gasteiger partial charge in [-0.05, 0) is 6.07 Å². The van der Waals surface area contributed by atoms with Crippen LogP contribution in [0, 0.1) is 20.2 Å². The van der Waals surface area contributed by atoms with Gasteiger partial charge in [-0.3, -0.25) is 20.2 Å². The predicted molar refractivity (Wildman–Crippen MR) is 82.8 cm³/mol. The van der Waals surface area contributed by atoms with E-state index in [0.29, 0.717) is 0 Å². The zero-order chi connectivity index (χ0) is 15.8. The molecule has 2 aromatic carbocycles. The van der Waals surface area contributed by atoms with E-state index in [-0.39, 0.29) is 11.4 Å². The second-order valence-electron chi connectivity index (χ2n) is 3.66. The molecular weight excluding hydrogens is 292 g/mol. The summed E-state index contributed by atoms with van der Waals surface area (Å²) in [4.78, 5) is 21.9. The molecule has 0 bridgehead atoms. The second kappa shape index (κ2) is 8.01. The van der Waals surface area contributed by atoms with Gasteiger partial charge in [-0.25, -0.2) is 0 Å². The molecule has 0 saturated heterocycles. The fraction of sp³-hybridized carbons (Fsp3) is 0.143. The van der Waals surface area contributed by atoms with E-state index in [0.717, 1.165) is 21.6 Å². The highest BCUT2D eigenvalue weighted by Gasteiger charge is 2.13. The molecule has 110 valence electrons. The van der Waals surface area contributed by atoms with Gasteiger partial charge in [-0.1, -0.05) is 19.9 Å². The van der Waals surface area contributed by atoms with E-state index < -0.39 is 9.85 Å². The van der Waals surface area contributed by atoms with E-state index in [1.54, 1.807) is 24.3 Å². The van der Waals surface area contributed by atoms with Crippen molar-refractivity contribution in [3.63, 3.8) is 0 Å². The smallest absolute Gasteiger partial charge is 0.258 e. The first-order valence-electron chi connectivity index (χ1n) is 6.27. The summed E-state index contributed by atoms with van der Waals surface area (Å²) in [6, 6.07) is 12.4. The molecule has 2 rings (SSSR count). The van der Waals surface area contributed by atoms with Crippen molar-refractivity contribution in [3.05, 3.63) is 68.8 Å². The zero-order valence-corrected chi connectivity index (χ0v) is 12.5. The standard InChI is InChI=1S/C12H8N2O4S.C2H6/c15-13(16)9-4-6-11(7-5-9)19-12-3-1-2-10(8-12)14(17)18;1-2/h1-8H;1-2H3/p+1. The molecule has 0 fully saturated rings. The average molecular weight is 307 g/mol. The molecule has 0 atom stereocenters. The number of benzene rings is 2. The van der Waals surface area contributed by atoms with Gasteiger partial charge in [0.2, 0.25) is 0 Å². The molecule has 0 aromatic heterocycles. The highest BCUT2D eigenvalue weighted by atomic mass is 32.2. The number of non-ortho nitro benzene ring substituents is 2. The summed E-state index contributed by atoms with van der Waals surface area (Å²) in [5.74, 6) is 0. The van der Waals surface area contributed by atoms with Gasteiger partial charge in [0.05, 0.1) is 15.9 Å². The van der Waals surface area contributed by atoms with Gasteiger partial charge in [0.15, 0.2) is 9.79 Å². The summed E-state index contributed by atoms with van der Waals surface area (Å²) >= 11 is 0.771. The van der Waals surface area contributed by atoms with E-state index in [4.69, 9.17) is 0 Å². The third-order valence-electron chi connectivity index (χ3n) is 2.36. The fourth-order valence-electron chi connectivity index (χ4n) is 1.47. The molecule has 0 heterocycles. The number of nitrogens with zero attached hydrogens (tertiary/aromatic N) is 2. The van der Waals surface area contributed by atoms with Crippen molar-refractivity contribution in [1.29, 1.82) is 0 Å². The summed E-state index contributed by atoms with van der Waals surface area (Å²) in [5, 5.41) is 21.2. The molecule has 0 spiro atoms. The number of nitro benzene ring substituents is 2. The summed E-state index contributed by atoms with van der Waals surface area (Å²) in [6.07, 6.45) is 0. The maximum absolute atomic E-state index is 10.7. The van der Waals surface area contributed by atoms with Crippen LogP contribution in [0.5, 0.6) is 0 Å². The largest absolute Gasteiger partial charge is 0.274 e. The van der Waals surface area contributed by atoms with Crippen molar-refractivity contribution >= 4 is 23.1 Å². The Labute approximate surface area is 126 Å². The average Bonchev–Trinajstić information content (AvgIpc) is 2.50. The van der Waals surface area contributed by atoms with E-state index in [2.05, 4.69) is 0 Å². The zero-order valence-electron chi connectivity index (χ0n) is 11.6. The molecule has 0 saturated carbocycles. The summed E-state index contributed by atoms with van der Waals surface area (Å²) < 4.78 is 0. The molecule has 2 aromatic rings. The molecule has 0 amide bonds. The van der Waals surface area contributed by atoms with Crippen LogP contribution in [-0.4, -0.2) is 9.85 Å². The van der Waals surface area contributed by atoms with E-state index in [1.165, 1.54) is 24.3 Å². The SMILES string of the molecule is CC.O=[N+]([O-])c1ccc([SH+]c2cccc([N+](=O)[O-])c2)cc1. The monoisotopic (exact) mass is 307 g/mol. The van der Waals surface area contributed by atoms with Crippen molar-refractivity contribution in [2.75, 3.05) is 0 Å². The van der Waals surface area contributed by atoms with Crippen molar-refractivity contribution in [3.8, 4) is 0 Å². The molecule has 0 N–H and O–H groups in total. The van der Waals surface area contributed by atoms with Gasteiger partial charge < -0.3 is 0 Å². The van der Waals surface area contributed by atoms with Crippen molar-refractivity contribution in [2.45, 2.75) is 23.6 Å². The van der Waals surface area contributed by atoms with Crippen LogP contribution in [0.25, 0.3) is 0 Å². The minimum atomic E-state index is -0.464. The fourth-order valence-corrected chi connectivity index (χ4v) is 2.43. The molecule has 7 heteroatoms. The lowest BCUT2D eigenvalue weighted by molar-refractivity contribution is -0.385. The maximum Gasteiger partial charge on any atom is 0.274 e. The Kier molecular flexibility index (Phi) is 6.35. The maximum atomic E-state index is 10.7. The molecule has 0 aliphatic carbocycles. The van der Waals surface area contributed by atoms with Crippen LogP contribution in [0.2, 0.25) is 0 Å². The minimum Gasteiger partial charge on any atom is -0.258 e. The van der Waals surface area contributed by atoms with Gasteiger partial charge >= 0.3 is 0 Å². The summed E-state index contributed by atoms with van der Waals surface area (Å²) in [6.45, 7) is 4.00. The summed E-state index contributed by atoms with van der Waals surface area (Å²) in [7, 11) is 0. The Balaban J connectivity index is 0.00000106. The van der Waals surface area contributed by atoms with Gasteiger partial charge in [-0.2, -0.15) is 0 Å². The molecule has 6 nitrogen and oxygen atoms in total. The van der Waals surface area contributed by atoms with Crippen LogP contribution in [0.3, 0.4) is 0 Å². The molecule has 21 heavy (non-hydrogen) atoms. The lowest BCUT2D eigenvalue weighted by Gasteiger charge is -1.94. The Hall–Kier alpha value is -2.41.